The molecule has 5 heteroatoms. The first kappa shape index (κ1) is 14.2. The molecule has 1 aromatic carbocycles. The second-order valence-corrected chi connectivity index (χ2v) is 3.98. The van der Waals surface area contributed by atoms with Gasteiger partial charge in [-0.2, -0.15) is 0 Å². The number of rotatable bonds is 5. The van der Waals surface area contributed by atoms with Crippen LogP contribution in [0.5, 0.6) is 0 Å². The van der Waals surface area contributed by atoms with Crippen LogP contribution in [-0.4, -0.2) is 30.2 Å². The van der Waals surface area contributed by atoms with Gasteiger partial charge in [0.2, 0.25) is 0 Å². The number of benzene rings is 1. The fourth-order valence-electron chi connectivity index (χ4n) is 1.62. The Balaban J connectivity index is 2.97. The zero-order valence-corrected chi connectivity index (χ0v) is 10.7. The van der Waals surface area contributed by atoms with E-state index in [-0.39, 0.29) is 17.2 Å². The largest absolute Gasteiger partial charge is 0.478 e. The second-order valence-electron chi connectivity index (χ2n) is 3.98. The molecular weight excluding hydrogens is 234 g/mol. The Bertz CT molecular complexity index is 452. The first-order chi connectivity index (χ1) is 8.49. The zero-order chi connectivity index (χ0) is 13.7. The highest BCUT2D eigenvalue weighted by Crippen LogP contribution is 2.18. The Labute approximate surface area is 106 Å². The van der Waals surface area contributed by atoms with Crippen molar-refractivity contribution in [3.8, 4) is 0 Å². The Kier molecular flexibility index (Phi) is 4.85. The molecule has 1 rings (SSSR count). The summed E-state index contributed by atoms with van der Waals surface area (Å²) in [5.41, 5.74) is 1.19. The number of carboxylic acid groups (broad SMARTS) is 1. The minimum atomic E-state index is -1.07. The molecule has 0 saturated heterocycles. The van der Waals surface area contributed by atoms with Gasteiger partial charge in [-0.3, -0.25) is 4.79 Å². The summed E-state index contributed by atoms with van der Waals surface area (Å²) in [6.45, 7) is 3.61. The topological polar surface area (TPSA) is 75.6 Å². The predicted molar refractivity (Wildman–Crippen MR) is 67.9 cm³/mol. The smallest absolute Gasteiger partial charge is 0.337 e. The van der Waals surface area contributed by atoms with Gasteiger partial charge in [-0.15, -0.1) is 0 Å². The molecule has 1 aromatic rings. The Hall–Kier alpha value is -1.88. The number of hydrogen-bond acceptors (Lipinski definition) is 3. The van der Waals surface area contributed by atoms with E-state index in [9.17, 15) is 9.59 Å². The summed E-state index contributed by atoms with van der Waals surface area (Å²) in [6, 6.07) is 4.85. The highest BCUT2D eigenvalue weighted by molar-refractivity contribution is 6.01. The lowest BCUT2D eigenvalue weighted by Gasteiger charge is -2.14. The number of anilines is 1. The third-order valence-electron chi connectivity index (χ3n) is 2.61. The van der Waals surface area contributed by atoms with Crippen molar-refractivity contribution in [1.29, 1.82) is 0 Å². The molecule has 0 aliphatic rings. The monoisotopic (exact) mass is 251 g/mol. The molecule has 18 heavy (non-hydrogen) atoms. The summed E-state index contributed by atoms with van der Waals surface area (Å²) in [5.74, 6) is -1.41. The summed E-state index contributed by atoms with van der Waals surface area (Å²) >= 11 is 0. The number of ether oxygens (including phenoxy) is 1. The van der Waals surface area contributed by atoms with E-state index in [2.05, 4.69) is 5.32 Å². The highest BCUT2D eigenvalue weighted by atomic mass is 16.5. The SMILES string of the molecule is CCC(OC)C(=O)Nc1ccc(C)cc1C(=O)O. The molecule has 0 spiro atoms. The average molecular weight is 251 g/mol. The van der Waals surface area contributed by atoms with Crippen LogP contribution in [0.1, 0.15) is 29.3 Å². The number of carbonyl (C=O) groups excluding carboxylic acids is 1. The second kappa shape index (κ2) is 6.16. The van der Waals surface area contributed by atoms with Crippen molar-refractivity contribution >= 4 is 17.6 Å². The number of aryl methyl sites for hydroxylation is 1. The number of amides is 1. The van der Waals surface area contributed by atoms with Crippen LogP contribution in [0.15, 0.2) is 18.2 Å². The van der Waals surface area contributed by atoms with Crippen molar-refractivity contribution < 1.29 is 19.4 Å². The lowest BCUT2D eigenvalue weighted by molar-refractivity contribution is -0.125. The van der Waals surface area contributed by atoms with Crippen LogP contribution in [-0.2, 0) is 9.53 Å². The minimum absolute atomic E-state index is 0.0781. The van der Waals surface area contributed by atoms with Gasteiger partial charge in [0.25, 0.3) is 5.91 Å². The molecule has 5 nitrogen and oxygen atoms in total. The van der Waals surface area contributed by atoms with E-state index in [0.29, 0.717) is 6.42 Å². The van der Waals surface area contributed by atoms with Gasteiger partial charge in [0.15, 0.2) is 0 Å². The molecule has 98 valence electrons. The van der Waals surface area contributed by atoms with Crippen molar-refractivity contribution in [2.75, 3.05) is 12.4 Å². The van der Waals surface area contributed by atoms with Gasteiger partial charge >= 0.3 is 5.97 Å². The molecule has 0 heterocycles. The molecule has 0 radical (unpaired) electrons. The Morgan fingerprint density at radius 1 is 1.44 bits per heavy atom. The molecule has 0 aliphatic carbocycles. The van der Waals surface area contributed by atoms with Crippen LogP contribution in [0, 0.1) is 6.92 Å². The van der Waals surface area contributed by atoms with E-state index in [1.165, 1.54) is 13.2 Å². The summed E-state index contributed by atoms with van der Waals surface area (Å²) in [5, 5.41) is 11.6. The molecule has 2 N–H and O–H groups in total. The van der Waals surface area contributed by atoms with Gasteiger partial charge in [-0.1, -0.05) is 18.6 Å². The summed E-state index contributed by atoms with van der Waals surface area (Å²) in [7, 11) is 1.45. The number of hydrogen-bond donors (Lipinski definition) is 2. The molecule has 0 fully saturated rings. The maximum absolute atomic E-state index is 11.8. The molecule has 0 saturated carbocycles. The number of nitrogens with one attached hydrogen (secondary N) is 1. The van der Waals surface area contributed by atoms with Crippen molar-refractivity contribution in [1.82, 2.24) is 0 Å². The van der Waals surface area contributed by atoms with E-state index in [1.54, 1.807) is 19.1 Å². The standard InChI is InChI=1S/C13H17NO4/c1-4-11(18-3)12(15)14-10-6-5-8(2)7-9(10)13(16)17/h5-7,11H,4H2,1-3H3,(H,14,15)(H,16,17). The lowest BCUT2D eigenvalue weighted by Crippen LogP contribution is -2.29. The van der Waals surface area contributed by atoms with Gasteiger partial charge in [0.05, 0.1) is 11.3 Å². The van der Waals surface area contributed by atoms with Crippen molar-refractivity contribution in [3.05, 3.63) is 29.3 Å². The fraction of sp³-hybridized carbons (Fsp3) is 0.385. The zero-order valence-electron chi connectivity index (χ0n) is 10.7. The van der Waals surface area contributed by atoms with Crippen LogP contribution < -0.4 is 5.32 Å². The van der Waals surface area contributed by atoms with Crippen LogP contribution in [0.3, 0.4) is 0 Å². The predicted octanol–water partition coefficient (Wildman–Crippen LogP) is 2.06. The normalized spacial score (nSPS) is 11.9. The van der Waals surface area contributed by atoms with Crippen molar-refractivity contribution in [2.24, 2.45) is 0 Å². The molecule has 1 amide bonds. The van der Waals surface area contributed by atoms with Gasteiger partial charge in [0.1, 0.15) is 6.10 Å². The van der Waals surface area contributed by atoms with Crippen LogP contribution in [0.4, 0.5) is 5.69 Å². The molecule has 1 unspecified atom stereocenters. The fourth-order valence-corrected chi connectivity index (χ4v) is 1.62. The summed E-state index contributed by atoms with van der Waals surface area (Å²) in [4.78, 5) is 22.9. The van der Waals surface area contributed by atoms with E-state index in [0.717, 1.165) is 5.56 Å². The van der Waals surface area contributed by atoms with Crippen molar-refractivity contribution in [2.45, 2.75) is 26.4 Å². The molecule has 0 aliphatic heterocycles. The molecule has 1 atom stereocenters. The van der Waals surface area contributed by atoms with E-state index >= 15 is 0 Å². The quantitative estimate of drug-likeness (QED) is 0.839. The maximum atomic E-state index is 11.8. The number of methoxy groups -OCH3 is 1. The third kappa shape index (κ3) is 3.30. The van der Waals surface area contributed by atoms with Gasteiger partial charge in [-0.25, -0.2) is 4.79 Å². The minimum Gasteiger partial charge on any atom is -0.478 e. The van der Waals surface area contributed by atoms with E-state index in [4.69, 9.17) is 9.84 Å². The third-order valence-corrected chi connectivity index (χ3v) is 2.61. The Morgan fingerprint density at radius 3 is 2.61 bits per heavy atom. The molecule has 0 aromatic heterocycles. The number of carboxylic acids is 1. The number of carbonyl (C=O) groups is 2. The first-order valence-electron chi connectivity index (χ1n) is 5.67. The maximum Gasteiger partial charge on any atom is 0.337 e. The first-order valence-corrected chi connectivity index (χ1v) is 5.67. The molecule has 0 bridgehead atoms. The highest BCUT2D eigenvalue weighted by Gasteiger charge is 2.18. The van der Waals surface area contributed by atoms with Gasteiger partial charge in [0, 0.05) is 7.11 Å². The number of aromatic carboxylic acids is 1. The lowest BCUT2D eigenvalue weighted by atomic mass is 10.1. The Morgan fingerprint density at radius 2 is 2.11 bits per heavy atom. The molecular formula is C13H17NO4. The summed E-state index contributed by atoms with van der Waals surface area (Å²) in [6.07, 6.45) is -0.0516. The average Bonchev–Trinajstić information content (AvgIpc) is 2.32. The van der Waals surface area contributed by atoms with E-state index < -0.39 is 12.1 Å². The van der Waals surface area contributed by atoms with Crippen LogP contribution >= 0.6 is 0 Å². The van der Waals surface area contributed by atoms with Crippen LogP contribution in [0.25, 0.3) is 0 Å². The van der Waals surface area contributed by atoms with E-state index in [1.807, 2.05) is 6.92 Å². The summed E-state index contributed by atoms with van der Waals surface area (Å²) < 4.78 is 5.00. The van der Waals surface area contributed by atoms with Gasteiger partial charge in [-0.05, 0) is 25.5 Å². The van der Waals surface area contributed by atoms with Crippen LogP contribution in [0.2, 0.25) is 0 Å². The van der Waals surface area contributed by atoms with Gasteiger partial charge < -0.3 is 15.2 Å². The van der Waals surface area contributed by atoms with Crippen molar-refractivity contribution in [3.63, 3.8) is 0 Å².